The summed E-state index contributed by atoms with van der Waals surface area (Å²) >= 11 is 0. The number of primary amides is 1. The molecule has 1 aromatic carbocycles. The summed E-state index contributed by atoms with van der Waals surface area (Å²) in [4.78, 5) is 11.1. The topological polar surface area (TPSA) is 98.5 Å². The number of hydrogen-bond donors (Lipinski definition) is 2. The molecule has 0 spiro atoms. The Labute approximate surface area is 117 Å². The van der Waals surface area contributed by atoms with E-state index in [-0.39, 0.29) is 28.5 Å². The second kappa shape index (κ2) is 4.83. The lowest BCUT2D eigenvalue weighted by molar-refractivity contribution is 0.0143. The average Bonchev–Trinajstić information content (AvgIpc) is 2.78. The predicted molar refractivity (Wildman–Crippen MR) is 71.5 cm³/mol. The van der Waals surface area contributed by atoms with E-state index in [1.165, 1.54) is 24.3 Å². The number of fused-ring (bicyclic) bond motifs is 1. The molecule has 3 atom stereocenters. The fourth-order valence-electron chi connectivity index (χ4n) is 2.80. The second-order valence-electron chi connectivity index (χ2n) is 5.21. The molecule has 1 amide bonds. The van der Waals surface area contributed by atoms with Crippen LogP contribution in [0.1, 0.15) is 23.2 Å². The van der Waals surface area contributed by atoms with Crippen molar-refractivity contribution in [2.45, 2.75) is 29.9 Å². The molecule has 0 unspecified atom stereocenters. The van der Waals surface area contributed by atoms with E-state index < -0.39 is 15.9 Å². The molecule has 6 nitrogen and oxygen atoms in total. The van der Waals surface area contributed by atoms with Gasteiger partial charge in [-0.2, -0.15) is 0 Å². The van der Waals surface area contributed by atoms with E-state index in [2.05, 4.69) is 4.72 Å². The van der Waals surface area contributed by atoms with Gasteiger partial charge in [-0.05, 0) is 37.1 Å². The maximum atomic E-state index is 12.2. The molecule has 108 valence electrons. The monoisotopic (exact) mass is 296 g/mol. The Morgan fingerprint density at radius 3 is 2.60 bits per heavy atom. The van der Waals surface area contributed by atoms with Gasteiger partial charge in [-0.25, -0.2) is 13.1 Å². The van der Waals surface area contributed by atoms with E-state index in [9.17, 15) is 13.2 Å². The molecule has 7 heteroatoms. The number of hydrogen-bond acceptors (Lipinski definition) is 4. The number of sulfonamides is 1. The summed E-state index contributed by atoms with van der Waals surface area (Å²) in [5.74, 6) is -0.290. The number of carbonyl (C=O) groups is 1. The van der Waals surface area contributed by atoms with E-state index in [4.69, 9.17) is 10.5 Å². The Kier molecular flexibility index (Phi) is 3.27. The first-order chi connectivity index (χ1) is 9.47. The van der Waals surface area contributed by atoms with Gasteiger partial charge in [-0.15, -0.1) is 0 Å². The summed E-state index contributed by atoms with van der Waals surface area (Å²) in [6.45, 7) is 0.709. The van der Waals surface area contributed by atoms with Crippen LogP contribution >= 0.6 is 0 Å². The number of nitrogens with one attached hydrogen (secondary N) is 1. The minimum Gasteiger partial charge on any atom is -0.378 e. The Balaban J connectivity index is 1.73. The lowest BCUT2D eigenvalue weighted by Crippen LogP contribution is -2.53. The van der Waals surface area contributed by atoms with Gasteiger partial charge in [0.1, 0.15) is 0 Å². The molecule has 0 aromatic heterocycles. The third kappa shape index (κ3) is 2.32. The average molecular weight is 296 g/mol. The summed E-state index contributed by atoms with van der Waals surface area (Å²) in [5, 5.41) is 0. The van der Waals surface area contributed by atoms with Crippen molar-refractivity contribution in [1.29, 1.82) is 0 Å². The molecule has 1 aliphatic heterocycles. The number of carbonyl (C=O) groups excluding carboxylic acids is 1. The zero-order chi connectivity index (χ0) is 14.3. The standard InChI is InChI=1S/C13H16N2O4S/c14-13(16)8-1-3-9(4-2-8)20(17,18)15-11-7-12-10(11)5-6-19-12/h1-4,10-12,15H,5-7H2,(H2,14,16)/t10-,11+,12+/m0/s1. The molecule has 0 bridgehead atoms. The van der Waals surface area contributed by atoms with Crippen LogP contribution in [0.4, 0.5) is 0 Å². The third-order valence-corrected chi connectivity index (χ3v) is 5.53. The maximum absolute atomic E-state index is 12.2. The van der Waals surface area contributed by atoms with Crippen LogP contribution in [0.25, 0.3) is 0 Å². The van der Waals surface area contributed by atoms with Crippen LogP contribution in [0.15, 0.2) is 29.2 Å². The van der Waals surface area contributed by atoms with Gasteiger partial charge in [0.25, 0.3) is 0 Å². The summed E-state index contributed by atoms with van der Waals surface area (Å²) in [5.41, 5.74) is 5.41. The van der Waals surface area contributed by atoms with Crippen molar-refractivity contribution in [3.63, 3.8) is 0 Å². The first kappa shape index (κ1) is 13.5. The number of ether oxygens (including phenoxy) is 1. The lowest BCUT2D eigenvalue weighted by Gasteiger charge is -2.39. The van der Waals surface area contributed by atoms with Crippen molar-refractivity contribution in [2.75, 3.05) is 6.61 Å². The largest absolute Gasteiger partial charge is 0.378 e. The summed E-state index contributed by atoms with van der Waals surface area (Å²) in [6, 6.07) is 5.56. The van der Waals surface area contributed by atoms with E-state index in [1.54, 1.807) is 0 Å². The van der Waals surface area contributed by atoms with Crippen molar-refractivity contribution in [1.82, 2.24) is 4.72 Å². The summed E-state index contributed by atoms with van der Waals surface area (Å²) in [6.07, 6.45) is 1.83. The van der Waals surface area contributed by atoms with Crippen LogP contribution in [0.2, 0.25) is 0 Å². The van der Waals surface area contributed by atoms with E-state index in [0.29, 0.717) is 6.61 Å². The van der Waals surface area contributed by atoms with Crippen LogP contribution in [0.3, 0.4) is 0 Å². The number of amides is 1. The highest BCUT2D eigenvalue weighted by Gasteiger charge is 2.46. The van der Waals surface area contributed by atoms with Crippen molar-refractivity contribution < 1.29 is 17.9 Å². The molecule has 1 saturated carbocycles. The van der Waals surface area contributed by atoms with Crippen LogP contribution in [0, 0.1) is 5.92 Å². The smallest absolute Gasteiger partial charge is 0.248 e. The first-order valence-corrected chi connectivity index (χ1v) is 7.99. The number of benzene rings is 1. The van der Waals surface area contributed by atoms with E-state index >= 15 is 0 Å². The number of nitrogens with two attached hydrogens (primary N) is 1. The van der Waals surface area contributed by atoms with Crippen LogP contribution in [-0.2, 0) is 14.8 Å². The lowest BCUT2D eigenvalue weighted by atomic mass is 9.77. The Hall–Kier alpha value is -1.44. The highest BCUT2D eigenvalue weighted by molar-refractivity contribution is 7.89. The van der Waals surface area contributed by atoms with Gasteiger partial charge >= 0.3 is 0 Å². The second-order valence-corrected chi connectivity index (χ2v) is 6.93. The van der Waals surface area contributed by atoms with Crippen molar-refractivity contribution in [3.05, 3.63) is 29.8 Å². The zero-order valence-electron chi connectivity index (χ0n) is 10.8. The Bertz CT molecular complexity index is 626. The maximum Gasteiger partial charge on any atom is 0.248 e. The quantitative estimate of drug-likeness (QED) is 0.831. The molecular weight excluding hydrogens is 280 g/mol. The molecule has 2 fully saturated rings. The normalized spacial score (nSPS) is 28.7. The molecule has 20 heavy (non-hydrogen) atoms. The van der Waals surface area contributed by atoms with Gasteiger partial charge in [-0.3, -0.25) is 4.79 Å². The van der Waals surface area contributed by atoms with Gasteiger partial charge in [0, 0.05) is 24.1 Å². The molecule has 1 heterocycles. The molecule has 1 saturated heterocycles. The molecule has 0 radical (unpaired) electrons. The van der Waals surface area contributed by atoms with Crippen molar-refractivity contribution in [2.24, 2.45) is 11.7 Å². The van der Waals surface area contributed by atoms with Crippen molar-refractivity contribution in [3.8, 4) is 0 Å². The number of rotatable bonds is 4. The van der Waals surface area contributed by atoms with Crippen LogP contribution in [-0.4, -0.2) is 33.1 Å². The fraction of sp³-hybridized carbons (Fsp3) is 0.462. The highest BCUT2D eigenvalue weighted by Crippen LogP contribution is 2.39. The van der Waals surface area contributed by atoms with Crippen molar-refractivity contribution >= 4 is 15.9 Å². The predicted octanol–water partition coefficient (Wildman–Crippen LogP) is 0.241. The van der Waals surface area contributed by atoms with E-state index in [1.807, 2.05) is 0 Å². The van der Waals surface area contributed by atoms with Gasteiger partial charge < -0.3 is 10.5 Å². The highest BCUT2D eigenvalue weighted by atomic mass is 32.2. The minimum atomic E-state index is -3.56. The van der Waals surface area contributed by atoms with Crippen LogP contribution in [0.5, 0.6) is 0 Å². The van der Waals surface area contributed by atoms with Crippen LogP contribution < -0.4 is 10.5 Å². The summed E-state index contributed by atoms with van der Waals surface area (Å²) < 4.78 is 32.6. The Morgan fingerprint density at radius 2 is 2.00 bits per heavy atom. The Morgan fingerprint density at radius 1 is 1.30 bits per heavy atom. The van der Waals surface area contributed by atoms with Gasteiger partial charge in [0.05, 0.1) is 11.0 Å². The SMILES string of the molecule is NC(=O)c1ccc(S(=O)(=O)N[C@@H]2C[C@H]3OCC[C@@H]23)cc1. The molecule has 3 N–H and O–H groups in total. The third-order valence-electron chi connectivity index (χ3n) is 4.02. The molecule has 1 aliphatic carbocycles. The molecule has 1 aromatic rings. The minimum absolute atomic E-state index is 0.0525. The van der Waals surface area contributed by atoms with E-state index in [0.717, 1.165) is 12.8 Å². The summed E-state index contributed by atoms with van der Waals surface area (Å²) in [7, 11) is -3.56. The van der Waals surface area contributed by atoms with Gasteiger partial charge in [0.2, 0.25) is 15.9 Å². The van der Waals surface area contributed by atoms with Gasteiger partial charge in [-0.1, -0.05) is 0 Å². The van der Waals surface area contributed by atoms with Gasteiger partial charge in [0.15, 0.2) is 0 Å². The fourth-order valence-corrected chi connectivity index (χ4v) is 4.10. The zero-order valence-corrected chi connectivity index (χ0v) is 11.6. The first-order valence-electron chi connectivity index (χ1n) is 6.51. The molecule has 3 rings (SSSR count). The molecular formula is C13H16N2O4S. The molecule has 2 aliphatic rings.